The Morgan fingerprint density at radius 1 is 1.10 bits per heavy atom. The highest BCUT2D eigenvalue weighted by Crippen LogP contribution is 2.38. The number of rotatable bonds is 3. The van der Waals surface area contributed by atoms with E-state index in [1.807, 2.05) is 15.9 Å². The summed E-state index contributed by atoms with van der Waals surface area (Å²) in [7, 11) is 0. The van der Waals surface area contributed by atoms with Gasteiger partial charge >= 0.3 is 5.51 Å². The molecule has 1 N–H and O–H groups in total. The van der Waals surface area contributed by atoms with E-state index in [0.29, 0.717) is 42.8 Å². The predicted molar refractivity (Wildman–Crippen MR) is 122 cm³/mol. The summed E-state index contributed by atoms with van der Waals surface area (Å²) in [5, 5.41) is 12.8. The molecule has 0 spiro atoms. The molecule has 1 aromatic carbocycles. The van der Waals surface area contributed by atoms with Crippen molar-refractivity contribution < 1.29 is 13.2 Å². The van der Waals surface area contributed by atoms with E-state index in [2.05, 4.69) is 10.3 Å². The summed E-state index contributed by atoms with van der Waals surface area (Å²) in [6.07, 6.45) is 0. The van der Waals surface area contributed by atoms with E-state index in [4.69, 9.17) is 52.3 Å². The lowest BCUT2D eigenvalue weighted by molar-refractivity contribution is -0.0328. The Kier molecular flexibility index (Phi) is 7.65. The second-order valence-corrected chi connectivity index (χ2v) is 8.96. The Balaban J connectivity index is 1.60. The molecule has 0 saturated carbocycles. The van der Waals surface area contributed by atoms with Gasteiger partial charge in [0.05, 0.1) is 5.02 Å². The van der Waals surface area contributed by atoms with Crippen molar-refractivity contribution in [1.82, 2.24) is 9.88 Å². The molecular formula is C18H13Cl3F3N5S2. The van der Waals surface area contributed by atoms with Crippen LogP contribution in [0.4, 0.5) is 24.7 Å². The molecular weight excluding hydrogens is 514 g/mol. The van der Waals surface area contributed by atoms with Gasteiger partial charge < -0.3 is 15.1 Å². The van der Waals surface area contributed by atoms with Crippen molar-refractivity contribution in [1.29, 1.82) is 5.26 Å². The molecule has 164 valence electrons. The van der Waals surface area contributed by atoms with E-state index in [0.717, 1.165) is 0 Å². The van der Waals surface area contributed by atoms with Gasteiger partial charge in [0.15, 0.2) is 16.1 Å². The number of nitrogens with one attached hydrogen (secondary N) is 1. The molecule has 1 aliphatic rings. The number of nitriles is 1. The van der Waals surface area contributed by atoms with Crippen LogP contribution in [-0.2, 0) is 0 Å². The molecule has 0 bridgehead atoms. The van der Waals surface area contributed by atoms with E-state index in [9.17, 15) is 13.2 Å². The molecule has 2 aromatic rings. The number of thioether (sulfide) groups is 1. The smallest absolute Gasteiger partial charge is 0.352 e. The van der Waals surface area contributed by atoms with Gasteiger partial charge in [-0.1, -0.05) is 34.8 Å². The highest BCUT2D eigenvalue weighted by Gasteiger charge is 2.29. The third kappa shape index (κ3) is 5.99. The van der Waals surface area contributed by atoms with Gasteiger partial charge in [-0.2, -0.15) is 18.4 Å². The molecule has 0 atom stereocenters. The maximum absolute atomic E-state index is 12.4. The summed E-state index contributed by atoms with van der Waals surface area (Å²) in [6, 6.07) is 7.72. The van der Waals surface area contributed by atoms with Crippen LogP contribution in [0.2, 0.25) is 15.2 Å². The zero-order valence-corrected chi connectivity index (χ0v) is 19.4. The number of thiocarbonyl (C=S) groups is 1. The van der Waals surface area contributed by atoms with E-state index < -0.39 is 5.51 Å². The SMILES string of the molecule is N#Cc1c(Cl)nc(N2CCN(C(=S)Nc3ccc(SC(F)(F)F)cc3)CC2)c(Cl)c1Cl. The quantitative estimate of drug-likeness (QED) is 0.297. The van der Waals surface area contributed by atoms with Crippen LogP contribution in [-0.4, -0.2) is 46.7 Å². The molecule has 1 saturated heterocycles. The van der Waals surface area contributed by atoms with E-state index >= 15 is 0 Å². The van der Waals surface area contributed by atoms with Crippen molar-refractivity contribution in [3.05, 3.63) is 45.0 Å². The highest BCUT2D eigenvalue weighted by molar-refractivity contribution is 8.00. The third-order valence-corrected chi connectivity index (χ3v) is 6.54. The molecule has 1 aromatic heterocycles. The molecule has 0 unspecified atom stereocenters. The molecule has 2 heterocycles. The fraction of sp³-hybridized carbons (Fsp3) is 0.278. The van der Waals surface area contributed by atoms with Crippen molar-refractivity contribution in [2.75, 3.05) is 36.4 Å². The summed E-state index contributed by atoms with van der Waals surface area (Å²) < 4.78 is 37.3. The van der Waals surface area contributed by atoms with Crippen LogP contribution in [0.3, 0.4) is 0 Å². The van der Waals surface area contributed by atoms with Crippen LogP contribution in [0.25, 0.3) is 0 Å². The first-order valence-corrected chi connectivity index (χ1v) is 11.1. The summed E-state index contributed by atoms with van der Waals surface area (Å²) in [6.45, 7) is 2.13. The second kappa shape index (κ2) is 9.88. The maximum atomic E-state index is 12.4. The molecule has 1 fully saturated rings. The minimum absolute atomic E-state index is 0.0151. The fourth-order valence-corrected chi connectivity index (χ4v) is 4.44. The number of pyridine rings is 1. The Labute approximate surface area is 201 Å². The van der Waals surface area contributed by atoms with Crippen LogP contribution in [0.15, 0.2) is 29.2 Å². The van der Waals surface area contributed by atoms with Gasteiger partial charge in [0.2, 0.25) is 0 Å². The average Bonchev–Trinajstić information content (AvgIpc) is 2.71. The van der Waals surface area contributed by atoms with Gasteiger partial charge in [-0.25, -0.2) is 4.98 Å². The minimum Gasteiger partial charge on any atom is -0.352 e. The maximum Gasteiger partial charge on any atom is 0.446 e. The number of hydrogen-bond acceptors (Lipinski definition) is 5. The third-order valence-electron chi connectivity index (χ3n) is 4.34. The second-order valence-electron chi connectivity index (χ2n) is 6.32. The van der Waals surface area contributed by atoms with E-state index in [-0.39, 0.29) is 37.4 Å². The average molecular weight is 527 g/mol. The summed E-state index contributed by atoms with van der Waals surface area (Å²) in [5.41, 5.74) is -3.71. The lowest BCUT2D eigenvalue weighted by atomic mass is 10.2. The number of benzene rings is 1. The number of halogens is 6. The monoisotopic (exact) mass is 525 g/mol. The van der Waals surface area contributed by atoms with E-state index in [1.54, 1.807) is 12.1 Å². The standard InChI is InChI=1S/C18H13Cl3F3N5S2/c19-13-12(9-25)15(21)27-16(14(13)20)28-5-7-29(8-6-28)17(30)26-10-1-3-11(4-2-10)31-18(22,23)24/h1-4H,5-8H2,(H,26,30). The number of hydrogen-bond donors (Lipinski definition) is 1. The van der Waals surface area contributed by atoms with Crippen molar-refractivity contribution in [3.63, 3.8) is 0 Å². The number of anilines is 2. The Bertz CT molecular complexity index is 1020. The Morgan fingerprint density at radius 2 is 1.71 bits per heavy atom. The van der Waals surface area contributed by atoms with Crippen molar-refractivity contribution in [3.8, 4) is 6.07 Å². The van der Waals surface area contributed by atoms with Crippen LogP contribution in [0, 0.1) is 11.3 Å². The lowest BCUT2D eigenvalue weighted by Gasteiger charge is -2.37. The molecule has 5 nitrogen and oxygen atoms in total. The van der Waals surface area contributed by atoms with Gasteiger partial charge in [0.1, 0.15) is 16.7 Å². The lowest BCUT2D eigenvalue weighted by Crippen LogP contribution is -2.50. The van der Waals surface area contributed by atoms with Crippen LogP contribution in [0.1, 0.15) is 5.56 Å². The van der Waals surface area contributed by atoms with Gasteiger partial charge in [-0.15, -0.1) is 0 Å². The van der Waals surface area contributed by atoms with Crippen LogP contribution >= 0.6 is 58.8 Å². The molecule has 3 rings (SSSR count). The summed E-state index contributed by atoms with van der Waals surface area (Å²) in [4.78, 5) is 8.12. The normalized spacial score (nSPS) is 14.4. The highest BCUT2D eigenvalue weighted by atomic mass is 35.5. The van der Waals surface area contributed by atoms with Crippen molar-refractivity contribution in [2.24, 2.45) is 0 Å². The zero-order chi connectivity index (χ0) is 22.8. The molecule has 0 amide bonds. The first-order chi connectivity index (χ1) is 14.6. The van der Waals surface area contributed by atoms with Crippen molar-refractivity contribution >= 4 is 75.4 Å². The largest absolute Gasteiger partial charge is 0.446 e. The minimum atomic E-state index is -4.33. The Morgan fingerprint density at radius 3 is 2.26 bits per heavy atom. The zero-order valence-electron chi connectivity index (χ0n) is 15.5. The van der Waals surface area contributed by atoms with Gasteiger partial charge in [0, 0.05) is 36.8 Å². The Hall–Kier alpha value is -1.64. The summed E-state index contributed by atoms with van der Waals surface area (Å²) in [5.74, 6) is 0.395. The molecule has 0 aliphatic carbocycles. The molecule has 0 radical (unpaired) electrons. The molecule has 31 heavy (non-hydrogen) atoms. The van der Waals surface area contributed by atoms with Gasteiger partial charge in [-0.3, -0.25) is 0 Å². The first kappa shape index (κ1) is 24.0. The van der Waals surface area contributed by atoms with Gasteiger partial charge in [-0.05, 0) is 48.2 Å². The molecule has 13 heteroatoms. The van der Waals surface area contributed by atoms with Crippen LogP contribution in [0.5, 0.6) is 0 Å². The number of nitrogens with zero attached hydrogens (tertiary/aromatic N) is 4. The van der Waals surface area contributed by atoms with E-state index in [1.165, 1.54) is 12.1 Å². The van der Waals surface area contributed by atoms with Crippen molar-refractivity contribution in [2.45, 2.75) is 10.4 Å². The fourth-order valence-electron chi connectivity index (χ4n) is 2.86. The summed E-state index contributed by atoms with van der Waals surface area (Å²) >= 11 is 23.7. The first-order valence-electron chi connectivity index (χ1n) is 8.70. The number of piperazine rings is 1. The van der Waals surface area contributed by atoms with Crippen LogP contribution < -0.4 is 10.2 Å². The van der Waals surface area contributed by atoms with Gasteiger partial charge in [0.25, 0.3) is 0 Å². The number of aromatic nitrogens is 1. The predicted octanol–water partition coefficient (Wildman–Crippen LogP) is 6.04. The molecule has 1 aliphatic heterocycles. The number of alkyl halides is 3. The topological polar surface area (TPSA) is 55.2 Å².